The summed E-state index contributed by atoms with van der Waals surface area (Å²) in [5.41, 5.74) is 0.679. The first-order chi connectivity index (χ1) is 9.90. The summed E-state index contributed by atoms with van der Waals surface area (Å²) in [7, 11) is 5.70. The van der Waals surface area contributed by atoms with Crippen molar-refractivity contribution < 1.29 is 14.7 Å². The van der Waals surface area contributed by atoms with Gasteiger partial charge in [0.1, 0.15) is 0 Å². The molecule has 1 heterocycles. The highest BCUT2D eigenvalue weighted by molar-refractivity contribution is 5.87. The molecule has 7 nitrogen and oxygen atoms in total. The van der Waals surface area contributed by atoms with Gasteiger partial charge in [-0.1, -0.05) is 0 Å². The van der Waals surface area contributed by atoms with Crippen LogP contribution in [0.2, 0.25) is 0 Å². The van der Waals surface area contributed by atoms with Gasteiger partial charge >= 0.3 is 12.0 Å². The van der Waals surface area contributed by atoms with Crippen molar-refractivity contribution in [1.82, 2.24) is 20.1 Å². The van der Waals surface area contributed by atoms with Crippen LogP contribution in [0.3, 0.4) is 0 Å². The molecule has 0 radical (unpaired) electrons. The molecular weight excluding hydrogens is 272 g/mol. The largest absolute Gasteiger partial charge is 0.478 e. The zero-order valence-corrected chi connectivity index (χ0v) is 12.7. The number of nitrogens with one attached hydrogen (secondary N) is 1. The maximum Gasteiger partial charge on any atom is 0.335 e. The number of aromatic nitrogens is 1. The number of amides is 2. The summed E-state index contributed by atoms with van der Waals surface area (Å²) >= 11 is 0. The number of carbonyl (C=O) groups is 2. The van der Waals surface area contributed by atoms with Gasteiger partial charge in [-0.3, -0.25) is 4.98 Å². The van der Waals surface area contributed by atoms with Crippen LogP contribution in [0.25, 0.3) is 0 Å². The number of hydrogen-bond acceptors (Lipinski definition) is 4. The van der Waals surface area contributed by atoms with Gasteiger partial charge in [0.25, 0.3) is 0 Å². The van der Waals surface area contributed by atoms with Crippen LogP contribution in [0.1, 0.15) is 22.5 Å². The molecule has 1 aromatic rings. The second kappa shape index (κ2) is 8.21. The molecule has 2 N–H and O–H groups in total. The number of carbonyl (C=O) groups excluding carboxylic acids is 1. The Hall–Kier alpha value is -2.15. The van der Waals surface area contributed by atoms with Crippen LogP contribution in [-0.2, 0) is 6.54 Å². The number of hydrogen-bond donors (Lipinski definition) is 2. The minimum atomic E-state index is -1.01. The Morgan fingerprint density at radius 3 is 2.62 bits per heavy atom. The first kappa shape index (κ1) is 16.9. The molecule has 2 amide bonds. The first-order valence-electron chi connectivity index (χ1n) is 6.72. The lowest BCUT2D eigenvalue weighted by molar-refractivity contribution is 0.0696. The Morgan fingerprint density at radius 1 is 1.29 bits per heavy atom. The fourth-order valence-corrected chi connectivity index (χ4v) is 1.73. The zero-order chi connectivity index (χ0) is 15.8. The number of urea groups is 1. The fraction of sp³-hybridized carbons (Fsp3) is 0.500. The van der Waals surface area contributed by atoms with E-state index in [0.717, 1.165) is 13.0 Å². The van der Waals surface area contributed by atoms with E-state index in [4.69, 9.17) is 5.11 Å². The monoisotopic (exact) mass is 294 g/mol. The standard InChI is InChI=1S/C14H22N4O3/c1-17(2)7-4-8-18(3)14(21)16-10-12-9-11(13(19)20)5-6-15-12/h5-6,9H,4,7-8,10H2,1-3H3,(H,16,21)(H,19,20). The molecule has 0 fully saturated rings. The molecule has 21 heavy (non-hydrogen) atoms. The summed E-state index contributed by atoms with van der Waals surface area (Å²) in [5.74, 6) is -1.01. The zero-order valence-electron chi connectivity index (χ0n) is 12.7. The van der Waals surface area contributed by atoms with E-state index < -0.39 is 5.97 Å². The molecule has 7 heteroatoms. The Balaban J connectivity index is 2.41. The molecule has 1 rings (SSSR count). The Kier molecular flexibility index (Phi) is 6.61. The van der Waals surface area contributed by atoms with Gasteiger partial charge in [0, 0.05) is 19.8 Å². The van der Waals surface area contributed by atoms with Crippen molar-refractivity contribution in [2.45, 2.75) is 13.0 Å². The van der Waals surface area contributed by atoms with Crippen LogP contribution in [-0.4, -0.2) is 66.1 Å². The van der Waals surface area contributed by atoms with Crippen LogP contribution >= 0.6 is 0 Å². The average molecular weight is 294 g/mol. The van der Waals surface area contributed by atoms with Gasteiger partial charge in [-0.15, -0.1) is 0 Å². The van der Waals surface area contributed by atoms with Gasteiger partial charge in [-0.25, -0.2) is 9.59 Å². The lowest BCUT2D eigenvalue weighted by Crippen LogP contribution is -2.38. The normalized spacial score (nSPS) is 10.5. The van der Waals surface area contributed by atoms with Gasteiger partial charge in [-0.2, -0.15) is 0 Å². The SMILES string of the molecule is CN(C)CCCN(C)C(=O)NCc1cc(C(=O)O)ccn1. The minimum Gasteiger partial charge on any atom is -0.478 e. The van der Waals surface area contributed by atoms with Crippen LogP contribution in [0.5, 0.6) is 0 Å². The van der Waals surface area contributed by atoms with Crippen molar-refractivity contribution in [2.75, 3.05) is 34.2 Å². The summed E-state index contributed by atoms with van der Waals surface area (Å²) in [5, 5.41) is 11.6. The molecule has 0 unspecified atom stereocenters. The predicted octanol–water partition coefficient (Wildman–Crippen LogP) is 0.873. The number of rotatable bonds is 7. The first-order valence-corrected chi connectivity index (χ1v) is 6.72. The summed E-state index contributed by atoms with van der Waals surface area (Å²) < 4.78 is 0. The molecule has 0 saturated heterocycles. The van der Waals surface area contributed by atoms with Crippen molar-refractivity contribution >= 4 is 12.0 Å². The van der Waals surface area contributed by atoms with E-state index in [-0.39, 0.29) is 18.1 Å². The summed E-state index contributed by atoms with van der Waals surface area (Å²) in [4.78, 5) is 30.4. The lowest BCUT2D eigenvalue weighted by Gasteiger charge is -2.19. The van der Waals surface area contributed by atoms with Crippen LogP contribution in [0.4, 0.5) is 4.79 Å². The topological polar surface area (TPSA) is 85.8 Å². The van der Waals surface area contributed by atoms with Crippen molar-refractivity contribution in [3.05, 3.63) is 29.6 Å². The Labute approximate surface area is 124 Å². The smallest absolute Gasteiger partial charge is 0.335 e. The summed E-state index contributed by atoms with van der Waals surface area (Å²) in [6.07, 6.45) is 2.31. The molecule has 1 aromatic heterocycles. The number of aromatic carboxylic acids is 1. The van der Waals surface area contributed by atoms with Crippen LogP contribution in [0, 0.1) is 0 Å². The van der Waals surface area contributed by atoms with Crippen molar-refractivity contribution in [1.29, 1.82) is 0 Å². The van der Waals surface area contributed by atoms with Gasteiger partial charge in [0.2, 0.25) is 0 Å². The number of carboxylic acid groups (broad SMARTS) is 1. The van der Waals surface area contributed by atoms with Crippen molar-refractivity contribution in [3.63, 3.8) is 0 Å². The minimum absolute atomic E-state index is 0.161. The number of carboxylic acids is 1. The maximum atomic E-state index is 11.9. The second-order valence-corrected chi connectivity index (χ2v) is 5.08. The lowest BCUT2D eigenvalue weighted by atomic mass is 10.2. The number of nitrogens with zero attached hydrogens (tertiary/aromatic N) is 3. The Morgan fingerprint density at radius 2 is 2.00 bits per heavy atom. The van der Waals surface area contributed by atoms with E-state index in [0.29, 0.717) is 12.2 Å². The van der Waals surface area contributed by atoms with E-state index in [9.17, 15) is 9.59 Å². The van der Waals surface area contributed by atoms with Crippen LogP contribution < -0.4 is 5.32 Å². The third-order valence-electron chi connectivity index (χ3n) is 2.93. The van der Waals surface area contributed by atoms with E-state index in [2.05, 4.69) is 15.2 Å². The molecule has 116 valence electrons. The van der Waals surface area contributed by atoms with E-state index in [1.54, 1.807) is 11.9 Å². The molecule has 0 saturated carbocycles. The van der Waals surface area contributed by atoms with E-state index in [1.807, 2.05) is 14.1 Å². The highest BCUT2D eigenvalue weighted by Crippen LogP contribution is 2.02. The average Bonchev–Trinajstić information content (AvgIpc) is 2.44. The third kappa shape index (κ3) is 6.22. The van der Waals surface area contributed by atoms with Gasteiger partial charge in [0.15, 0.2) is 0 Å². The summed E-state index contributed by atoms with van der Waals surface area (Å²) in [6.45, 7) is 1.78. The molecule has 0 atom stereocenters. The molecule has 0 bridgehead atoms. The summed E-state index contributed by atoms with van der Waals surface area (Å²) in [6, 6.07) is 2.67. The third-order valence-corrected chi connectivity index (χ3v) is 2.93. The second-order valence-electron chi connectivity index (χ2n) is 5.08. The van der Waals surface area contributed by atoms with Gasteiger partial charge in [-0.05, 0) is 39.2 Å². The molecule has 0 aliphatic rings. The molecule has 0 aliphatic carbocycles. The van der Waals surface area contributed by atoms with Gasteiger partial charge in [0.05, 0.1) is 17.8 Å². The molecule has 0 aromatic carbocycles. The fourth-order valence-electron chi connectivity index (χ4n) is 1.73. The van der Waals surface area contributed by atoms with E-state index in [1.165, 1.54) is 18.3 Å². The molecular formula is C14H22N4O3. The van der Waals surface area contributed by atoms with Gasteiger partial charge < -0.3 is 20.2 Å². The highest BCUT2D eigenvalue weighted by atomic mass is 16.4. The maximum absolute atomic E-state index is 11.9. The van der Waals surface area contributed by atoms with Crippen molar-refractivity contribution in [2.24, 2.45) is 0 Å². The molecule has 0 aliphatic heterocycles. The quantitative estimate of drug-likeness (QED) is 0.779. The predicted molar refractivity (Wildman–Crippen MR) is 79.2 cm³/mol. The Bertz CT molecular complexity index is 491. The van der Waals surface area contributed by atoms with E-state index >= 15 is 0 Å². The van der Waals surface area contributed by atoms with Crippen LogP contribution in [0.15, 0.2) is 18.3 Å². The highest BCUT2D eigenvalue weighted by Gasteiger charge is 2.09. The van der Waals surface area contributed by atoms with Crippen molar-refractivity contribution in [3.8, 4) is 0 Å². The number of pyridine rings is 1. The molecule has 0 spiro atoms.